The molecule has 0 aliphatic carbocycles. The molecule has 2 aliphatic rings. The number of nitrogens with two attached hydrogens (primary N) is 1. The third kappa shape index (κ3) is 5.10. The standard InChI is InChI=1S/C25H34N8O4/c1-16-6-5-7-17(10-16)11-28-23(34)27-8-9-32(4)12-18-20-25(13-35-18,37-24(2,3)36-20)33-15-31-19-21(26)29-14-30-22(19)33/h5-7,10,14-15,18,20H,8-9,11-13H2,1-4H3,(H2,26,29,30)(H2,27,28,34). The number of nitrogens with zero attached hydrogens (tertiary/aromatic N) is 5. The summed E-state index contributed by atoms with van der Waals surface area (Å²) >= 11 is 0. The van der Waals surface area contributed by atoms with E-state index in [1.54, 1.807) is 6.33 Å². The number of nitrogen functional groups attached to an aromatic ring is 1. The highest BCUT2D eigenvalue weighted by molar-refractivity contribution is 5.81. The molecule has 0 radical (unpaired) electrons. The highest BCUT2D eigenvalue weighted by atomic mass is 16.8. The van der Waals surface area contributed by atoms with Crippen LogP contribution in [-0.4, -0.2) is 81.7 Å². The number of nitrogens with one attached hydrogen (secondary N) is 2. The first-order valence-corrected chi connectivity index (χ1v) is 12.4. The Bertz CT molecular complexity index is 1280. The molecule has 0 bridgehead atoms. The monoisotopic (exact) mass is 510 g/mol. The first-order chi connectivity index (χ1) is 17.7. The van der Waals surface area contributed by atoms with Crippen LogP contribution in [0.2, 0.25) is 0 Å². The number of imidazole rings is 1. The van der Waals surface area contributed by atoms with Gasteiger partial charge in [0, 0.05) is 26.2 Å². The van der Waals surface area contributed by atoms with Crippen molar-refractivity contribution in [2.24, 2.45) is 0 Å². The van der Waals surface area contributed by atoms with Gasteiger partial charge in [0.1, 0.15) is 24.1 Å². The van der Waals surface area contributed by atoms with Crippen molar-refractivity contribution in [3.05, 3.63) is 48.0 Å². The van der Waals surface area contributed by atoms with Crippen LogP contribution >= 0.6 is 0 Å². The number of carbonyl (C=O) groups excluding carboxylic acids is 1. The number of rotatable bonds is 8. The highest BCUT2D eigenvalue weighted by Crippen LogP contribution is 2.47. The van der Waals surface area contributed by atoms with E-state index in [4.69, 9.17) is 19.9 Å². The summed E-state index contributed by atoms with van der Waals surface area (Å²) in [4.78, 5) is 27.2. The zero-order valence-electron chi connectivity index (χ0n) is 21.6. The number of amides is 2. The van der Waals surface area contributed by atoms with Crippen molar-refractivity contribution in [1.82, 2.24) is 35.1 Å². The van der Waals surface area contributed by atoms with Crippen LogP contribution < -0.4 is 16.4 Å². The lowest BCUT2D eigenvalue weighted by Gasteiger charge is -2.29. The van der Waals surface area contributed by atoms with Crippen molar-refractivity contribution in [1.29, 1.82) is 0 Å². The van der Waals surface area contributed by atoms with Crippen LogP contribution in [0.4, 0.5) is 10.6 Å². The molecule has 37 heavy (non-hydrogen) atoms. The van der Waals surface area contributed by atoms with Crippen LogP contribution in [0.1, 0.15) is 25.0 Å². The Balaban J connectivity index is 1.18. The van der Waals surface area contributed by atoms with E-state index < -0.39 is 17.6 Å². The lowest BCUT2D eigenvalue weighted by atomic mass is 10.0. The molecule has 198 valence electrons. The molecule has 2 saturated heterocycles. The lowest BCUT2D eigenvalue weighted by Crippen LogP contribution is -2.47. The van der Waals surface area contributed by atoms with Gasteiger partial charge in [0.05, 0.1) is 12.9 Å². The second-order valence-electron chi connectivity index (χ2n) is 10.1. The quantitative estimate of drug-likeness (QED) is 0.409. The van der Waals surface area contributed by atoms with E-state index in [-0.39, 0.29) is 18.7 Å². The van der Waals surface area contributed by atoms with Gasteiger partial charge in [-0.05, 0) is 33.4 Å². The van der Waals surface area contributed by atoms with Gasteiger partial charge in [-0.3, -0.25) is 4.57 Å². The Hall–Kier alpha value is -3.32. The fourth-order valence-electron chi connectivity index (χ4n) is 5.06. The maximum Gasteiger partial charge on any atom is 0.315 e. The molecule has 1 aromatic carbocycles. The van der Waals surface area contributed by atoms with E-state index in [0.29, 0.717) is 43.2 Å². The van der Waals surface area contributed by atoms with Gasteiger partial charge in [0.2, 0.25) is 5.72 Å². The van der Waals surface area contributed by atoms with Crippen LogP contribution in [0.25, 0.3) is 11.2 Å². The van der Waals surface area contributed by atoms with Crippen molar-refractivity contribution in [2.45, 2.75) is 51.0 Å². The number of aryl methyl sites for hydroxylation is 1. The fourth-order valence-corrected chi connectivity index (χ4v) is 5.06. The number of ether oxygens (including phenoxy) is 3. The third-order valence-electron chi connectivity index (χ3n) is 6.70. The number of benzene rings is 1. The van der Waals surface area contributed by atoms with Gasteiger partial charge < -0.3 is 35.5 Å². The number of likely N-dealkylation sites (N-methyl/N-ethyl adjacent to an activating group) is 1. The molecule has 0 saturated carbocycles. The van der Waals surface area contributed by atoms with Crippen LogP contribution in [0.5, 0.6) is 0 Å². The van der Waals surface area contributed by atoms with Gasteiger partial charge in [-0.2, -0.15) is 0 Å². The zero-order chi connectivity index (χ0) is 26.2. The van der Waals surface area contributed by atoms with Gasteiger partial charge >= 0.3 is 6.03 Å². The molecule has 2 amide bonds. The largest absolute Gasteiger partial charge is 0.382 e. The van der Waals surface area contributed by atoms with Gasteiger partial charge in [-0.15, -0.1) is 0 Å². The highest BCUT2D eigenvalue weighted by Gasteiger charge is 2.63. The summed E-state index contributed by atoms with van der Waals surface area (Å²) in [6.45, 7) is 8.27. The number of hydrogen-bond acceptors (Lipinski definition) is 9. The van der Waals surface area contributed by atoms with E-state index in [1.165, 1.54) is 6.33 Å². The van der Waals surface area contributed by atoms with Gasteiger partial charge in [0.25, 0.3) is 0 Å². The number of hydrogen-bond donors (Lipinski definition) is 3. The van der Waals surface area contributed by atoms with Gasteiger partial charge in [-0.25, -0.2) is 19.7 Å². The van der Waals surface area contributed by atoms with Crippen LogP contribution in [0, 0.1) is 6.92 Å². The first-order valence-electron chi connectivity index (χ1n) is 12.4. The molecule has 5 rings (SSSR count). The molecular formula is C25H34N8O4. The topological polar surface area (TPSA) is 142 Å². The first kappa shape index (κ1) is 25.3. The lowest BCUT2D eigenvalue weighted by molar-refractivity contribution is -0.205. The number of urea groups is 1. The van der Waals surface area contributed by atoms with E-state index >= 15 is 0 Å². The summed E-state index contributed by atoms with van der Waals surface area (Å²) < 4.78 is 20.8. The summed E-state index contributed by atoms with van der Waals surface area (Å²) in [5, 5.41) is 5.80. The summed E-state index contributed by atoms with van der Waals surface area (Å²) in [7, 11) is 1.98. The maximum absolute atomic E-state index is 12.2. The molecule has 2 fully saturated rings. The average Bonchev–Trinajstić information content (AvgIpc) is 3.49. The minimum absolute atomic E-state index is 0.200. The van der Waals surface area contributed by atoms with E-state index in [2.05, 4.69) is 36.6 Å². The molecule has 2 aliphatic heterocycles. The van der Waals surface area contributed by atoms with Crippen molar-refractivity contribution in [3.63, 3.8) is 0 Å². The summed E-state index contributed by atoms with van der Waals surface area (Å²) in [6.07, 6.45) is 2.40. The van der Waals surface area contributed by atoms with Crippen molar-refractivity contribution in [3.8, 4) is 0 Å². The van der Waals surface area contributed by atoms with Crippen LogP contribution in [-0.2, 0) is 26.5 Å². The summed E-state index contributed by atoms with van der Waals surface area (Å²) in [6, 6.07) is 7.86. The molecular weight excluding hydrogens is 476 g/mol. The molecule has 12 heteroatoms. The van der Waals surface area contributed by atoms with Crippen molar-refractivity contribution in [2.75, 3.05) is 39.0 Å². The molecule has 3 aromatic rings. The molecule has 12 nitrogen and oxygen atoms in total. The summed E-state index contributed by atoms with van der Waals surface area (Å²) in [5.74, 6) is -0.516. The van der Waals surface area contributed by atoms with Gasteiger partial charge in [-0.1, -0.05) is 29.8 Å². The zero-order valence-corrected chi connectivity index (χ0v) is 21.6. The van der Waals surface area contributed by atoms with E-state index in [0.717, 1.165) is 11.1 Å². The maximum atomic E-state index is 12.2. The van der Waals surface area contributed by atoms with Gasteiger partial charge in [0.15, 0.2) is 17.3 Å². The molecule has 4 heterocycles. The van der Waals surface area contributed by atoms with E-state index in [9.17, 15) is 4.79 Å². The second-order valence-corrected chi connectivity index (χ2v) is 10.1. The number of carbonyl (C=O) groups is 1. The SMILES string of the molecule is Cc1cccc(CNC(=O)NCCN(C)CC2OCC3(n4cnc5c(N)ncnc54)OC(C)(C)OC23)c1. The molecule has 0 spiro atoms. The molecule has 3 atom stereocenters. The molecule has 2 aromatic heterocycles. The smallest absolute Gasteiger partial charge is 0.315 e. The number of aromatic nitrogens is 4. The Morgan fingerprint density at radius 1 is 1.27 bits per heavy atom. The van der Waals surface area contributed by atoms with E-state index in [1.807, 2.05) is 50.6 Å². The normalized spacial score (nSPS) is 24.5. The van der Waals surface area contributed by atoms with Crippen LogP contribution in [0.3, 0.4) is 0 Å². The predicted octanol–water partition coefficient (Wildman–Crippen LogP) is 1.35. The van der Waals surface area contributed by atoms with Crippen LogP contribution in [0.15, 0.2) is 36.9 Å². The third-order valence-corrected chi connectivity index (χ3v) is 6.70. The molecule has 3 unspecified atom stereocenters. The predicted molar refractivity (Wildman–Crippen MR) is 136 cm³/mol. The molecule has 4 N–H and O–H groups in total. The number of fused-ring (bicyclic) bond motifs is 2. The van der Waals surface area contributed by atoms with Crippen molar-refractivity contribution >= 4 is 23.0 Å². The second kappa shape index (κ2) is 9.86. The Kier molecular flexibility index (Phi) is 6.75. The Morgan fingerprint density at radius 2 is 2.11 bits per heavy atom. The Labute approximate surface area is 215 Å². The minimum atomic E-state index is -0.932. The van der Waals surface area contributed by atoms with Crippen molar-refractivity contribution < 1.29 is 19.0 Å². The Morgan fingerprint density at radius 3 is 2.92 bits per heavy atom. The minimum Gasteiger partial charge on any atom is -0.382 e. The fraction of sp³-hybridized carbons (Fsp3) is 0.520. The number of anilines is 1. The average molecular weight is 511 g/mol. The summed E-state index contributed by atoms with van der Waals surface area (Å²) in [5.41, 5.74) is 8.38.